The average Bonchev–Trinajstić information content (AvgIpc) is 3.04. The summed E-state index contributed by atoms with van der Waals surface area (Å²) in [4.78, 5) is 31.0. The van der Waals surface area contributed by atoms with Gasteiger partial charge in [0.2, 0.25) is 0 Å². The van der Waals surface area contributed by atoms with Crippen molar-refractivity contribution in [3.63, 3.8) is 0 Å². The maximum absolute atomic E-state index is 12.4. The summed E-state index contributed by atoms with van der Waals surface area (Å²) >= 11 is 1.25. The van der Waals surface area contributed by atoms with E-state index in [1.165, 1.54) is 21.9 Å². The molecule has 0 radical (unpaired) electrons. The number of aromatic nitrogens is 4. The van der Waals surface area contributed by atoms with Crippen molar-refractivity contribution < 1.29 is 10.2 Å². The second-order valence-electron chi connectivity index (χ2n) is 6.27. The molecule has 0 spiro atoms. The van der Waals surface area contributed by atoms with Crippen LogP contribution in [0.3, 0.4) is 0 Å². The molecule has 27 heavy (non-hydrogen) atoms. The van der Waals surface area contributed by atoms with Gasteiger partial charge in [0.25, 0.3) is 5.56 Å². The zero-order valence-corrected chi connectivity index (χ0v) is 15.8. The van der Waals surface area contributed by atoms with E-state index in [4.69, 9.17) is 5.11 Å². The van der Waals surface area contributed by atoms with Crippen LogP contribution in [0.15, 0.2) is 45.1 Å². The number of aryl methyl sites for hydroxylation is 3. The van der Waals surface area contributed by atoms with Gasteiger partial charge in [-0.1, -0.05) is 42.1 Å². The Morgan fingerprint density at radius 1 is 1.26 bits per heavy atom. The first-order valence-corrected chi connectivity index (χ1v) is 9.65. The lowest BCUT2D eigenvalue weighted by Gasteiger charge is -2.10. The van der Waals surface area contributed by atoms with Gasteiger partial charge >= 0.3 is 5.69 Å². The van der Waals surface area contributed by atoms with Crippen LogP contribution in [0.1, 0.15) is 12.0 Å². The number of nitrogens with one attached hydrogen (secondary N) is 1. The first-order chi connectivity index (χ1) is 13.0. The van der Waals surface area contributed by atoms with Gasteiger partial charge in [0.1, 0.15) is 0 Å². The number of aliphatic hydroxyl groups excluding tert-OH is 2. The molecule has 144 valence electrons. The third-order valence-electron chi connectivity index (χ3n) is 4.28. The van der Waals surface area contributed by atoms with Gasteiger partial charge in [0.15, 0.2) is 16.3 Å². The Kier molecular flexibility index (Phi) is 6.15. The predicted octanol–water partition coefficient (Wildman–Crippen LogP) is 0.501. The van der Waals surface area contributed by atoms with Gasteiger partial charge in [-0.2, -0.15) is 0 Å². The standard InChI is InChI=1S/C18H22N4O4S/c1-21-15-14(16(25)20-17(21)26)22(18(19-15)27-11-13(24)10-23)9-5-8-12-6-3-2-4-7-12/h2-4,6-7,13,23-24H,5,8-11H2,1H3,(H,20,25,26)/t13-/m1/s1. The van der Waals surface area contributed by atoms with Gasteiger partial charge in [0.05, 0.1) is 12.7 Å². The number of hydrogen-bond acceptors (Lipinski definition) is 6. The number of rotatable bonds is 8. The minimum Gasteiger partial charge on any atom is -0.394 e. The van der Waals surface area contributed by atoms with Crippen LogP contribution in [0.4, 0.5) is 0 Å². The van der Waals surface area contributed by atoms with Crippen molar-refractivity contribution in [1.29, 1.82) is 0 Å². The summed E-state index contributed by atoms with van der Waals surface area (Å²) in [5, 5.41) is 19.2. The van der Waals surface area contributed by atoms with Crippen LogP contribution in [0.25, 0.3) is 11.2 Å². The number of hydrogen-bond donors (Lipinski definition) is 3. The van der Waals surface area contributed by atoms with Crippen molar-refractivity contribution in [1.82, 2.24) is 19.1 Å². The zero-order valence-electron chi connectivity index (χ0n) is 15.0. The van der Waals surface area contributed by atoms with Gasteiger partial charge in [0, 0.05) is 19.3 Å². The number of fused-ring (bicyclic) bond motifs is 1. The fourth-order valence-electron chi connectivity index (χ4n) is 2.84. The van der Waals surface area contributed by atoms with E-state index in [1.54, 1.807) is 11.6 Å². The minimum absolute atomic E-state index is 0.240. The van der Waals surface area contributed by atoms with Crippen molar-refractivity contribution >= 4 is 22.9 Å². The first kappa shape index (κ1) is 19.4. The summed E-state index contributed by atoms with van der Waals surface area (Å²) < 4.78 is 3.09. The average molecular weight is 390 g/mol. The van der Waals surface area contributed by atoms with Gasteiger partial charge in [-0.05, 0) is 18.4 Å². The van der Waals surface area contributed by atoms with Crippen LogP contribution in [-0.2, 0) is 20.0 Å². The zero-order chi connectivity index (χ0) is 19.4. The highest BCUT2D eigenvalue weighted by molar-refractivity contribution is 7.99. The Balaban J connectivity index is 1.93. The fourth-order valence-corrected chi connectivity index (χ4v) is 3.78. The molecule has 3 aromatic rings. The predicted molar refractivity (Wildman–Crippen MR) is 104 cm³/mol. The molecular formula is C18H22N4O4S. The largest absolute Gasteiger partial charge is 0.394 e. The number of nitrogens with zero attached hydrogens (tertiary/aromatic N) is 3. The molecule has 1 aromatic carbocycles. The SMILES string of the molecule is Cn1c(=O)[nH]c(=O)c2c1nc(SC[C@H](O)CO)n2CCCc1ccccc1. The number of benzene rings is 1. The molecule has 9 heteroatoms. The Morgan fingerprint density at radius 3 is 2.70 bits per heavy atom. The molecule has 0 aliphatic rings. The molecule has 2 aromatic heterocycles. The molecule has 0 bridgehead atoms. The normalized spacial score (nSPS) is 12.6. The summed E-state index contributed by atoms with van der Waals surface area (Å²) in [5.41, 5.74) is 0.854. The van der Waals surface area contributed by atoms with E-state index in [-0.39, 0.29) is 12.4 Å². The lowest BCUT2D eigenvalue weighted by molar-refractivity contribution is 0.113. The summed E-state index contributed by atoms with van der Waals surface area (Å²) in [6.07, 6.45) is 0.746. The molecule has 1 atom stereocenters. The van der Waals surface area contributed by atoms with Crippen LogP contribution in [0.5, 0.6) is 0 Å². The number of imidazole rings is 1. The Hall–Kier alpha value is -2.36. The Bertz CT molecular complexity index is 1030. The van der Waals surface area contributed by atoms with Crippen LogP contribution in [0.2, 0.25) is 0 Å². The maximum atomic E-state index is 12.4. The molecule has 3 N–H and O–H groups in total. The van der Waals surface area contributed by atoms with E-state index < -0.39 is 17.4 Å². The molecule has 3 rings (SSSR count). The van der Waals surface area contributed by atoms with Gasteiger partial charge in [-0.25, -0.2) is 9.78 Å². The molecule has 2 heterocycles. The summed E-state index contributed by atoms with van der Waals surface area (Å²) in [6.45, 7) is 0.199. The van der Waals surface area contributed by atoms with Crippen LogP contribution < -0.4 is 11.2 Å². The highest BCUT2D eigenvalue weighted by Gasteiger charge is 2.18. The van der Waals surface area contributed by atoms with Crippen molar-refractivity contribution in [2.24, 2.45) is 7.05 Å². The Labute approximate surface area is 159 Å². The smallest absolute Gasteiger partial charge is 0.329 e. The van der Waals surface area contributed by atoms with Crippen LogP contribution in [0, 0.1) is 0 Å². The topological polar surface area (TPSA) is 113 Å². The second kappa shape index (κ2) is 8.55. The first-order valence-electron chi connectivity index (χ1n) is 8.66. The van der Waals surface area contributed by atoms with Crippen molar-refractivity contribution in [2.45, 2.75) is 30.6 Å². The summed E-state index contributed by atoms with van der Waals surface area (Å²) in [7, 11) is 1.55. The highest BCUT2D eigenvalue weighted by Crippen LogP contribution is 2.23. The maximum Gasteiger partial charge on any atom is 0.329 e. The van der Waals surface area contributed by atoms with E-state index in [0.717, 1.165) is 12.8 Å². The van der Waals surface area contributed by atoms with E-state index in [0.29, 0.717) is 22.9 Å². The fraction of sp³-hybridized carbons (Fsp3) is 0.389. The van der Waals surface area contributed by atoms with E-state index >= 15 is 0 Å². The lowest BCUT2D eigenvalue weighted by Crippen LogP contribution is -2.29. The third-order valence-corrected chi connectivity index (χ3v) is 5.40. The molecular weight excluding hydrogens is 368 g/mol. The third kappa shape index (κ3) is 4.32. The number of H-pyrrole nitrogens is 1. The molecule has 0 saturated heterocycles. The lowest BCUT2D eigenvalue weighted by atomic mass is 10.1. The molecule has 0 aliphatic heterocycles. The molecule has 0 saturated carbocycles. The quantitative estimate of drug-likeness (QED) is 0.483. The van der Waals surface area contributed by atoms with E-state index in [9.17, 15) is 14.7 Å². The molecule has 0 amide bonds. The van der Waals surface area contributed by atoms with Gasteiger partial charge in [-0.15, -0.1) is 0 Å². The Morgan fingerprint density at radius 2 is 2.00 bits per heavy atom. The number of thioether (sulfide) groups is 1. The van der Waals surface area contributed by atoms with Gasteiger partial charge in [-0.3, -0.25) is 14.3 Å². The summed E-state index contributed by atoms with van der Waals surface area (Å²) in [6, 6.07) is 10.0. The van der Waals surface area contributed by atoms with Crippen molar-refractivity contribution in [3.05, 3.63) is 56.7 Å². The summed E-state index contributed by atoms with van der Waals surface area (Å²) in [5.74, 6) is 0.240. The highest BCUT2D eigenvalue weighted by atomic mass is 32.2. The van der Waals surface area contributed by atoms with Crippen LogP contribution in [-0.4, -0.2) is 47.8 Å². The van der Waals surface area contributed by atoms with E-state index in [2.05, 4.69) is 22.1 Å². The monoisotopic (exact) mass is 390 g/mol. The van der Waals surface area contributed by atoms with Crippen LogP contribution >= 0.6 is 11.8 Å². The van der Waals surface area contributed by atoms with Crippen molar-refractivity contribution in [3.8, 4) is 0 Å². The molecule has 0 aliphatic carbocycles. The second-order valence-corrected chi connectivity index (χ2v) is 7.26. The van der Waals surface area contributed by atoms with Gasteiger partial charge < -0.3 is 14.8 Å². The molecule has 0 fully saturated rings. The van der Waals surface area contributed by atoms with E-state index in [1.807, 2.05) is 18.2 Å². The molecule has 8 nitrogen and oxygen atoms in total. The number of aliphatic hydroxyl groups is 2. The number of aromatic amines is 1. The molecule has 0 unspecified atom stereocenters. The minimum atomic E-state index is -0.880. The van der Waals surface area contributed by atoms with Crippen molar-refractivity contribution in [2.75, 3.05) is 12.4 Å².